The zero-order valence-corrected chi connectivity index (χ0v) is 9.69. The van der Waals surface area contributed by atoms with Crippen molar-refractivity contribution >= 4 is 0 Å². The molecule has 0 aromatic carbocycles. The Labute approximate surface area is 92.4 Å². The van der Waals surface area contributed by atoms with Gasteiger partial charge < -0.3 is 9.84 Å². The maximum absolute atomic E-state index is 9.81. The van der Waals surface area contributed by atoms with Crippen molar-refractivity contribution in [1.29, 1.82) is 0 Å². The number of rotatable bonds is 6. The highest BCUT2D eigenvalue weighted by atomic mass is 16.5. The summed E-state index contributed by atoms with van der Waals surface area (Å²) in [5.74, 6) is 0.516. The zero-order chi connectivity index (χ0) is 10.7. The Morgan fingerprint density at radius 2 is 2.07 bits per heavy atom. The summed E-state index contributed by atoms with van der Waals surface area (Å²) in [5.41, 5.74) is 0. The SMILES string of the molecule is COCCN(CC1CCCC1O)C1CC1. The van der Waals surface area contributed by atoms with Crippen LogP contribution in [-0.2, 0) is 4.74 Å². The first-order chi connectivity index (χ1) is 7.31. The Bertz CT molecular complexity index is 194. The van der Waals surface area contributed by atoms with Gasteiger partial charge >= 0.3 is 0 Å². The minimum Gasteiger partial charge on any atom is -0.393 e. The molecule has 0 radical (unpaired) electrons. The van der Waals surface area contributed by atoms with Crippen LogP contribution in [0.4, 0.5) is 0 Å². The number of aliphatic hydroxyl groups is 1. The first-order valence-electron chi connectivity index (χ1n) is 6.22. The van der Waals surface area contributed by atoms with E-state index >= 15 is 0 Å². The fourth-order valence-corrected chi connectivity index (χ4v) is 2.60. The van der Waals surface area contributed by atoms with Crippen LogP contribution in [-0.4, -0.2) is 49.0 Å². The minimum atomic E-state index is -0.0474. The molecule has 1 N–H and O–H groups in total. The van der Waals surface area contributed by atoms with Crippen LogP contribution >= 0.6 is 0 Å². The molecule has 88 valence electrons. The lowest BCUT2D eigenvalue weighted by molar-refractivity contribution is 0.0834. The van der Waals surface area contributed by atoms with Crippen LogP contribution in [0.25, 0.3) is 0 Å². The number of methoxy groups -OCH3 is 1. The second-order valence-corrected chi connectivity index (χ2v) is 4.98. The van der Waals surface area contributed by atoms with Gasteiger partial charge in [-0.15, -0.1) is 0 Å². The molecule has 0 aliphatic heterocycles. The van der Waals surface area contributed by atoms with Gasteiger partial charge in [-0.25, -0.2) is 0 Å². The van der Waals surface area contributed by atoms with E-state index < -0.39 is 0 Å². The van der Waals surface area contributed by atoms with E-state index in [4.69, 9.17) is 4.74 Å². The monoisotopic (exact) mass is 213 g/mol. The Morgan fingerprint density at radius 3 is 2.60 bits per heavy atom. The van der Waals surface area contributed by atoms with Gasteiger partial charge in [0.2, 0.25) is 0 Å². The third kappa shape index (κ3) is 3.16. The van der Waals surface area contributed by atoms with Crippen molar-refractivity contribution in [3.8, 4) is 0 Å². The molecule has 2 fully saturated rings. The number of nitrogens with zero attached hydrogens (tertiary/aromatic N) is 1. The van der Waals surface area contributed by atoms with Crippen LogP contribution in [0.5, 0.6) is 0 Å². The van der Waals surface area contributed by atoms with Gasteiger partial charge in [0.05, 0.1) is 12.7 Å². The van der Waals surface area contributed by atoms with Crippen molar-refractivity contribution in [2.45, 2.75) is 44.2 Å². The summed E-state index contributed by atoms with van der Waals surface area (Å²) in [6, 6.07) is 0.785. The van der Waals surface area contributed by atoms with Gasteiger partial charge in [0.15, 0.2) is 0 Å². The normalized spacial score (nSPS) is 31.4. The van der Waals surface area contributed by atoms with Crippen molar-refractivity contribution < 1.29 is 9.84 Å². The summed E-state index contributed by atoms with van der Waals surface area (Å²) in [6.45, 7) is 2.93. The fourth-order valence-electron chi connectivity index (χ4n) is 2.60. The molecule has 0 aromatic heterocycles. The van der Waals surface area contributed by atoms with E-state index in [0.717, 1.165) is 32.2 Å². The number of aliphatic hydroxyl groups excluding tert-OH is 1. The van der Waals surface area contributed by atoms with E-state index in [1.165, 1.54) is 25.7 Å². The van der Waals surface area contributed by atoms with Gasteiger partial charge in [-0.2, -0.15) is 0 Å². The smallest absolute Gasteiger partial charge is 0.0589 e. The van der Waals surface area contributed by atoms with E-state index in [1.54, 1.807) is 7.11 Å². The molecule has 2 unspecified atom stereocenters. The Kier molecular flexibility index (Phi) is 4.00. The minimum absolute atomic E-state index is 0.0474. The highest BCUT2D eigenvalue weighted by Crippen LogP contribution is 2.31. The van der Waals surface area contributed by atoms with Crippen LogP contribution in [0.3, 0.4) is 0 Å². The van der Waals surface area contributed by atoms with Gasteiger partial charge in [-0.3, -0.25) is 4.90 Å². The van der Waals surface area contributed by atoms with Crippen LogP contribution in [0.2, 0.25) is 0 Å². The highest BCUT2D eigenvalue weighted by Gasteiger charge is 2.33. The molecule has 2 saturated carbocycles. The number of hydrogen-bond donors (Lipinski definition) is 1. The molecule has 2 aliphatic rings. The standard InChI is InChI=1S/C12H23NO2/c1-15-8-7-13(11-5-6-11)9-10-3-2-4-12(10)14/h10-12,14H,2-9H2,1H3. The quantitative estimate of drug-likeness (QED) is 0.721. The van der Waals surface area contributed by atoms with E-state index in [2.05, 4.69) is 4.90 Å². The molecule has 2 aliphatic carbocycles. The topological polar surface area (TPSA) is 32.7 Å². The van der Waals surface area contributed by atoms with E-state index in [9.17, 15) is 5.11 Å². The lowest BCUT2D eigenvalue weighted by Gasteiger charge is -2.26. The Balaban J connectivity index is 1.77. The van der Waals surface area contributed by atoms with Crippen LogP contribution in [0.1, 0.15) is 32.1 Å². The molecule has 2 rings (SSSR count). The zero-order valence-electron chi connectivity index (χ0n) is 9.69. The average Bonchev–Trinajstić information content (AvgIpc) is 2.99. The molecule has 3 nitrogen and oxygen atoms in total. The third-order valence-electron chi connectivity index (χ3n) is 3.73. The van der Waals surface area contributed by atoms with E-state index in [1.807, 2.05) is 0 Å². The molecule has 3 heteroatoms. The summed E-state index contributed by atoms with van der Waals surface area (Å²) in [5, 5.41) is 9.81. The first kappa shape index (κ1) is 11.4. The van der Waals surface area contributed by atoms with Gasteiger partial charge in [0.1, 0.15) is 0 Å². The molecule has 0 saturated heterocycles. The van der Waals surface area contributed by atoms with Crippen molar-refractivity contribution in [3.05, 3.63) is 0 Å². The molecular weight excluding hydrogens is 190 g/mol. The second kappa shape index (κ2) is 5.28. The van der Waals surface area contributed by atoms with Crippen molar-refractivity contribution in [1.82, 2.24) is 4.90 Å². The van der Waals surface area contributed by atoms with E-state index in [-0.39, 0.29) is 6.10 Å². The van der Waals surface area contributed by atoms with Crippen molar-refractivity contribution in [3.63, 3.8) is 0 Å². The molecule has 0 aromatic rings. The van der Waals surface area contributed by atoms with Gasteiger partial charge in [0.25, 0.3) is 0 Å². The number of hydrogen-bond acceptors (Lipinski definition) is 3. The summed E-state index contributed by atoms with van der Waals surface area (Å²) in [4.78, 5) is 2.52. The third-order valence-corrected chi connectivity index (χ3v) is 3.73. The van der Waals surface area contributed by atoms with E-state index in [0.29, 0.717) is 5.92 Å². The Morgan fingerprint density at radius 1 is 1.27 bits per heavy atom. The summed E-state index contributed by atoms with van der Waals surface area (Å²) < 4.78 is 5.14. The lowest BCUT2D eigenvalue weighted by Crippen LogP contribution is -2.36. The maximum atomic E-state index is 9.81. The van der Waals surface area contributed by atoms with Crippen LogP contribution in [0.15, 0.2) is 0 Å². The predicted octanol–water partition coefficient (Wildman–Crippen LogP) is 1.26. The summed E-state index contributed by atoms with van der Waals surface area (Å²) in [6.07, 6.45) is 6.05. The van der Waals surface area contributed by atoms with Crippen molar-refractivity contribution in [2.24, 2.45) is 5.92 Å². The van der Waals surface area contributed by atoms with Crippen LogP contribution in [0, 0.1) is 5.92 Å². The van der Waals surface area contributed by atoms with Crippen molar-refractivity contribution in [2.75, 3.05) is 26.8 Å². The maximum Gasteiger partial charge on any atom is 0.0589 e. The molecule has 0 amide bonds. The summed E-state index contributed by atoms with van der Waals surface area (Å²) >= 11 is 0. The molecule has 15 heavy (non-hydrogen) atoms. The Hall–Kier alpha value is -0.120. The fraction of sp³-hybridized carbons (Fsp3) is 1.00. The lowest BCUT2D eigenvalue weighted by atomic mass is 10.1. The first-order valence-corrected chi connectivity index (χ1v) is 6.22. The average molecular weight is 213 g/mol. The van der Waals surface area contributed by atoms with Gasteiger partial charge in [0, 0.05) is 26.2 Å². The molecule has 2 atom stereocenters. The highest BCUT2D eigenvalue weighted by molar-refractivity contribution is 4.88. The largest absolute Gasteiger partial charge is 0.393 e. The molecule has 0 heterocycles. The second-order valence-electron chi connectivity index (χ2n) is 4.98. The molecule has 0 bridgehead atoms. The van der Waals surface area contributed by atoms with Gasteiger partial charge in [-0.1, -0.05) is 6.42 Å². The van der Waals surface area contributed by atoms with Crippen LogP contribution < -0.4 is 0 Å². The molecular formula is C12H23NO2. The number of ether oxygens (including phenoxy) is 1. The predicted molar refractivity (Wildman–Crippen MR) is 59.8 cm³/mol. The van der Waals surface area contributed by atoms with Gasteiger partial charge in [-0.05, 0) is 31.6 Å². The molecule has 0 spiro atoms. The summed E-state index contributed by atoms with van der Waals surface area (Å²) in [7, 11) is 1.76.